The van der Waals surface area contributed by atoms with Gasteiger partial charge in [0.15, 0.2) is 0 Å². The number of esters is 1. The molecule has 2 rings (SSSR count). The molecule has 0 aliphatic carbocycles. The van der Waals surface area contributed by atoms with E-state index in [2.05, 4.69) is 5.32 Å². The van der Waals surface area contributed by atoms with E-state index in [-0.39, 0.29) is 23.5 Å². The number of rotatable bonds is 6. The van der Waals surface area contributed by atoms with Crippen molar-refractivity contribution < 1.29 is 14.3 Å². The molecule has 1 heterocycles. The van der Waals surface area contributed by atoms with Gasteiger partial charge in [0.2, 0.25) is 0 Å². The molecule has 0 aromatic heterocycles. The molecule has 1 N–H and O–H groups in total. The number of piperidine rings is 1. The lowest BCUT2D eigenvalue weighted by Crippen LogP contribution is -2.35. The van der Waals surface area contributed by atoms with Crippen LogP contribution in [0.2, 0.25) is 0 Å². The highest BCUT2D eigenvalue weighted by Crippen LogP contribution is 2.20. The van der Waals surface area contributed by atoms with Crippen LogP contribution in [0.4, 0.5) is 0 Å². The Morgan fingerprint density at radius 1 is 1.35 bits per heavy atom. The van der Waals surface area contributed by atoms with Gasteiger partial charge in [-0.15, -0.1) is 0 Å². The summed E-state index contributed by atoms with van der Waals surface area (Å²) >= 11 is 0. The van der Waals surface area contributed by atoms with Gasteiger partial charge in [0, 0.05) is 19.3 Å². The molecule has 1 aromatic rings. The number of carbonyl (C=O) groups is 2. The van der Waals surface area contributed by atoms with Gasteiger partial charge in [-0.3, -0.25) is 9.59 Å². The maximum atomic E-state index is 12.4. The zero-order valence-corrected chi connectivity index (χ0v) is 15.3. The van der Waals surface area contributed by atoms with Gasteiger partial charge in [0.25, 0.3) is 5.91 Å². The molecular weight excluding hydrogens is 330 g/mol. The van der Waals surface area contributed by atoms with Crippen LogP contribution in [0.1, 0.15) is 38.3 Å². The molecular formula is C20H25N3O3. The average molecular weight is 355 g/mol. The van der Waals surface area contributed by atoms with Gasteiger partial charge in [0.05, 0.1) is 18.6 Å². The molecule has 1 saturated heterocycles. The number of hydrogen-bond donors (Lipinski definition) is 1. The normalized spacial score (nSPS) is 16.5. The number of hydrogen-bond acceptors (Lipinski definition) is 5. The Labute approximate surface area is 154 Å². The van der Waals surface area contributed by atoms with Gasteiger partial charge >= 0.3 is 5.97 Å². The van der Waals surface area contributed by atoms with E-state index in [1.165, 1.54) is 0 Å². The Balaban J connectivity index is 1.92. The first kappa shape index (κ1) is 19.5. The molecule has 0 saturated carbocycles. The van der Waals surface area contributed by atoms with Crippen molar-refractivity contribution in [1.82, 2.24) is 10.2 Å². The second-order valence-electron chi connectivity index (χ2n) is 6.32. The van der Waals surface area contributed by atoms with Gasteiger partial charge in [0.1, 0.15) is 11.6 Å². The highest BCUT2D eigenvalue weighted by Gasteiger charge is 2.25. The minimum absolute atomic E-state index is 0.0716. The monoisotopic (exact) mass is 355 g/mol. The first-order chi connectivity index (χ1) is 12.5. The molecule has 0 radical (unpaired) electrons. The van der Waals surface area contributed by atoms with Gasteiger partial charge in [-0.1, -0.05) is 30.3 Å². The van der Waals surface area contributed by atoms with Crippen molar-refractivity contribution in [3.8, 4) is 6.07 Å². The summed E-state index contributed by atoms with van der Waals surface area (Å²) in [6.07, 6.45) is 2.92. The third kappa shape index (κ3) is 5.35. The fraction of sp³-hybridized carbons (Fsp3) is 0.450. The fourth-order valence-electron chi connectivity index (χ4n) is 2.94. The topological polar surface area (TPSA) is 82.4 Å². The molecule has 1 aliphatic rings. The maximum absolute atomic E-state index is 12.4. The van der Waals surface area contributed by atoms with E-state index >= 15 is 0 Å². The van der Waals surface area contributed by atoms with E-state index < -0.39 is 5.91 Å². The Morgan fingerprint density at radius 2 is 2.00 bits per heavy atom. The van der Waals surface area contributed by atoms with Crippen LogP contribution in [0.15, 0.2) is 42.1 Å². The summed E-state index contributed by atoms with van der Waals surface area (Å²) in [7, 11) is 0. The summed E-state index contributed by atoms with van der Waals surface area (Å²) in [5, 5.41) is 12.2. The third-order valence-corrected chi connectivity index (χ3v) is 4.47. The highest BCUT2D eigenvalue weighted by atomic mass is 16.5. The van der Waals surface area contributed by atoms with Crippen LogP contribution >= 0.6 is 0 Å². The molecule has 1 fully saturated rings. The Kier molecular flexibility index (Phi) is 7.22. The number of nitrogens with one attached hydrogen (secondary N) is 1. The number of nitrogens with zero attached hydrogens (tertiary/aromatic N) is 2. The van der Waals surface area contributed by atoms with Gasteiger partial charge in [-0.05, 0) is 32.3 Å². The fourth-order valence-corrected chi connectivity index (χ4v) is 2.94. The summed E-state index contributed by atoms with van der Waals surface area (Å²) < 4.78 is 5.05. The molecule has 1 aliphatic heterocycles. The summed E-state index contributed by atoms with van der Waals surface area (Å²) in [4.78, 5) is 26.1. The zero-order chi connectivity index (χ0) is 18.9. The largest absolute Gasteiger partial charge is 0.466 e. The summed E-state index contributed by atoms with van der Waals surface area (Å²) in [5.41, 5.74) is 1.05. The molecule has 1 atom stereocenters. The summed E-state index contributed by atoms with van der Waals surface area (Å²) in [6, 6.07) is 11.4. The Hall–Kier alpha value is -2.81. The van der Waals surface area contributed by atoms with E-state index in [1.54, 1.807) is 13.1 Å². The second kappa shape index (κ2) is 9.62. The quantitative estimate of drug-likeness (QED) is 0.482. The first-order valence-electron chi connectivity index (χ1n) is 8.93. The van der Waals surface area contributed by atoms with Crippen LogP contribution in [-0.4, -0.2) is 36.5 Å². The zero-order valence-electron chi connectivity index (χ0n) is 15.3. The minimum atomic E-state index is -0.392. The maximum Gasteiger partial charge on any atom is 0.309 e. The molecule has 26 heavy (non-hydrogen) atoms. The number of nitriles is 1. The highest BCUT2D eigenvalue weighted by molar-refractivity contribution is 5.97. The van der Waals surface area contributed by atoms with Gasteiger partial charge in [-0.25, -0.2) is 0 Å². The van der Waals surface area contributed by atoms with Crippen molar-refractivity contribution in [2.24, 2.45) is 5.92 Å². The second-order valence-corrected chi connectivity index (χ2v) is 6.32. The number of benzene rings is 1. The van der Waals surface area contributed by atoms with Crippen LogP contribution in [0.5, 0.6) is 0 Å². The smallest absolute Gasteiger partial charge is 0.309 e. The molecule has 1 amide bonds. The SMILES string of the molecule is CCOC(=O)C1CCN(/C=C(/C#N)C(=O)NC(C)c2ccccc2)CC1. The lowest BCUT2D eigenvalue weighted by atomic mass is 9.97. The average Bonchev–Trinajstić information content (AvgIpc) is 2.67. The molecule has 0 bridgehead atoms. The number of likely N-dealkylation sites (tertiary alicyclic amines) is 1. The summed E-state index contributed by atoms with van der Waals surface area (Å²) in [5.74, 6) is -0.653. The van der Waals surface area contributed by atoms with Crippen molar-refractivity contribution >= 4 is 11.9 Å². The minimum Gasteiger partial charge on any atom is -0.466 e. The van der Waals surface area contributed by atoms with Crippen molar-refractivity contribution in [1.29, 1.82) is 5.26 Å². The van der Waals surface area contributed by atoms with E-state index in [0.717, 1.165) is 5.56 Å². The van der Waals surface area contributed by atoms with Gasteiger partial charge in [-0.2, -0.15) is 5.26 Å². The van der Waals surface area contributed by atoms with Crippen LogP contribution in [0, 0.1) is 17.2 Å². The molecule has 6 nitrogen and oxygen atoms in total. The predicted octanol–water partition coefficient (Wildman–Crippen LogP) is 2.55. The van der Waals surface area contributed by atoms with Gasteiger partial charge < -0.3 is 15.0 Å². The third-order valence-electron chi connectivity index (χ3n) is 4.47. The molecule has 138 valence electrons. The predicted molar refractivity (Wildman–Crippen MR) is 97.6 cm³/mol. The first-order valence-corrected chi connectivity index (χ1v) is 8.93. The molecule has 1 unspecified atom stereocenters. The van der Waals surface area contributed by atoms with E-state index in [1.807, 2.05) is 48.2 Å². The number of amides is 1. The van der Waals surface area contributed by atoms with Crippen LogP contribution in [0.3, 0.4) is 0 Å². The van der Waals surface area contributed by atoms with Crippen molar-refractivity contribution in [2.75, 3.05) is 19.7 Å². The standard InChI is InChI=1S/C20H25N3O3/c1-3-26-20(25)17-9-11-23(12-10-17)14-18(13-21)19(24)22-15(2)16-7-5-4-6-8-16/h4-8,14-15,17H,3,9-12H2,1-2H3,(H,22,24)/b18-14-. The Bertz CT molecular complexity index is 686. The molecule has 6 heteroatoms. The molecule has 1 aromatic carbocycles. The van der Waals surface area contributed by atoms with Crippen LogP contribution < -0.4 is 5.32 Å². The number of ether oxygens (including phenoxy) is 1. The Morgan fingerprint density at radius 3 is 2.58 bits per heavy atom. The van der Waals surface area contributed by atoms with Crippen molar-refractivity contribution in [3.63, 3.8) is 0 Å². The van der Waals surface area contributed by atoms with E-state index in [0.29, 0.717) is 32.5 Å². The molecule has 0 spiro atoms. The van der Waals surface area contributed by atoms with Crippen LogP contribution in [-0.2, 0) is 14.3 Å². The number of carbonyl (C=O) groups excluding carboxylic acids is 2. The van der Waals surface area contributed by atoms with Crippen molar-refractivity contribution in [3.05, 3.63) is 47.7 Å². The lowest BCUT2D eigenvalue weighted by Gasteiger charge is -2.30. The van der Waals surface area contributed by atoms with Crippen LogP contribution in [0.25, 0.3) is 0 Å². The van der Waals surface area contributed by atoms with E-state index in [9.17, 15) is 14.9 Å². The lowest BCUT2D eigenvalue weighted by molar-refractivity contribution is -0.149. The summed E-state index contributed by atoms with van der Waals surface area (Å²) in [6.45, 7) is 5.31. The van der Waals surface area contributed by atoms with Crippen molar-refractivity contribution in [2.45, 2.75) is 32.7 Å². The van der Waals surface area contributed by atoms with E-state index in [4.69, 9.17) is 4.74 Å².